The third-order valence-corrected chi connectivity index (χ3v) is 2.38. The predicted octanol–water partition coefficient (Wildman–Crippen LogP) is -0.00260. The van der Waals surface area contributed by atoms with E-state index in [-0.39, 0.29) is 35.8 Å². The molecule has 0 aromatic heterocycles. The van der Waals surface area contributed by atoms with E-state index >= 15 is 0 Å². The van der Waals surface area contributed by atoms with Gasteiger partial charge in [0.25, 0.3) is 0 Å². The second-order valence-electron chi connectivity index (χ2n) is 4.86. The van der Waals surface area contributed by atoms with Gasteiger partial charge in [0.1, 0.15) is 0 Å². The van der Waals surface area contributed by atoms with E-state index in [0.29, 0.717) is 0 Å². The van der Waals surface area contributed by atoms with Crippen molar-refractivity contribution in [2.45, 2.75) is 45.3 Å². The maximum absolute atomic E-state index is 11.5. The Hall–Kier alpha value is -0.320. The van der Waals surface area contributed by atoms with Gasteiger partial charge >= 0.3 is 0 Å². The minimum Gasteiger partial charge on any atom is -0.350 e. The zero-order valence-electron chi connectivity index (χ0n) is 8.91. The fraction of sp³-hybridized carbons (Fsp3) is 0.889. The number of nitrogens with two attached hydrogens (primary N) is 2. The topological polar surface area (TPSA) is 81.1 Å². The Kier molecular flexibility index (Phi) is 4.36. The Balaban J connectivity index is 0.00000169. The van der Waals surface area contributed by atoms with E-state index in [9.17, 15) is 4.79 Å². The van der Waals surface area contributed by atoms with Crippen molar-refractivity contribution in [1.29, 1.82) is 0 Å². The van der Waals surface area contributed by atoms with Crippen molar-refractivity contribution in [2.24, 2.45) is 16.9 Å². The summed E-state index contributed by atoms with van der Waals surface area (Å²) in [6.07, 6.45) is 0.878. The Labute approximate surface area is 91.2 Å². The molecule has 1 aliphatic rings. The summed E-state index contributed by atoms with van der Waals surface area (Å²) in [5, 5.41) is 2.82. The highest BCUT2D eigenvalue weighted by Crippen LogP contribution is 2.21. The molecule has 3 unspecified atom stereocenters. The summed E-state index contributed by atoms with van der Waals surface area (Å²) in [5.74, 6) is -0.0922. The summed E-state index contributed by atoms with van der Waals surface area (Å²) < 4.78 is 0. The molecule has 0 aromatic carbocycles. The predicted molar refractivity (Wildman–Crippen MR) is 59.2 cm³/mol. The van der Waals surface area contributed by atoms with Crippen LogP contribution in [-0.4, -0.2) is 24.0 Å². The highest BCUT2D eigenvalue weighted by atomic mass is 35.5. The van der Waals surface area contributed by atoms with Crippen molar-refractivity contribution in [3.8, 4) is 0 Å². The zero-order chi connectivity index (χ0) is 10.2. The number of amides is 1. The highest BCUT2D eigenvalue weighted by molar-refractivity contribution is 5.85. The molecule has 5 heteroatoms. The quantitative estimate of drug-likeness (QED) is 0.614. The summed E-state index contributed by atoms with van der Waals surface area (Å²) in [4.78, 5) is 11.5. The molecular weight excluding hydrogens is 202 g/mol. The van der Waals surface area contributed by atoms with Crippen LogP contribution in [0, 0.1) is 5.41 Å². The first-order valence-electron chi connectivity index (χ1n) is 4.64. The molecule has 4 nitrogen and oxygen atoms in total. The van der Waals surface area contributed by atoms with Crippen molar-refractivity contribution in [3.05, 3.63) is 0 Å². The van der Waals surface area contributed by atoms with Crippen LogP contribution < -0.4 is 16.8 Å². The second kappa shape index (κ2) is 4.47. The van der Waals surface area contributed by atoms with Gasteiger partial charge in [0.2, 0.25) is 5.91 Å². The summed E-state index contributed by atoms with van der Waals surface area (Å²) >= 11 is 0. The van der Waals surface area contributed by atoms with Gasteiger partial charge in [0.15, 0.2) is 0 Å². The minimum atomic E-state index is -0.458. The fourth-order valence-electron chi connectivity index (χ4n) is 1.05. The lowest BCUT2D eigenvalue weighted by atomic mass is 9.87. The van der Waals surface area contributed by atoms with Crippen LogP contribution in [0.4, 0.5) is 0 Å². The van der Waals surface area contributed by atoms with Gasteiger partial charge in [-0.3, -0.25) is 4.79 Å². The first-order chi connectivity index (χ1) is 5.82. The number of halogens is 1. The number of carbonyl (C=O) groups excluding carboxylic acids is 1. The van der Waals surface area contributed by atoms with Crippen LogP contribution in [0.25, 0.3) is 0 Å². The smallest absolute Gasteiger partial charge is 0.237 e. The van der Waals surface area contributed by atoms with Crippen LogP contribution in [0.2, 0.25) is 0 Å². The maximum Gasteiger partial charge on any atom is 0.237 e. The molecule has 1 saturated carbocycles. The van der Waals surface area contributed by atoms with Crippen LogP contribution in [0.3, 0.4) is 0 Å². The number of nitrogens with one attached hydrogen (secondary N) is 1. The Bertz CT molecular complexity index is 215. The van der Waals surface area contributed by atoms with E-state index in [4.69, 9.17) is 11.5 Å². The van der Waals surface area contributed by atoms with Crippen molar-refractivity contribution < 1.29 is 4.79 Å². The molecule has 0 aromatic rings. The Morgan fingerprint density at radius 3 is 2.21 bits per heavy atom. The largest absolute Gasteiger partial charge is 0.350 e. The van der Waals surface area contributed by atoms with Gasteiger partial charge in [-0.25, -0.2) is 0 Å². The number of rotatable bonds is 2. The van der Waals surface area contributed by atoms with E-state index in [1.165, 1.54) is 0 Å². The van der Waals surface area contributed by atoms with Gasteiger partial charge < -0.3 is 16.8 Å². The zero-order valence-corrected chi connectivity index (χ0v) is 9.73. The summed E-state index contributed by atoms with van der Waals surface area (Å²) in [6.45, 7) is 5.85. The number of hydrogen-bond acceptors (Lipinski definition) is 3. The van der Waals surface area contributed by atoms with Gasteiger partial charge in [0, 0.05) is 12.1 Å². The monoisotopic (exact) mass is 221 g/mol. The van der Waals surface area contributed by atoms with Gasteiger partial charge in [0.05, 0.1) is 6.04 Å². The second-order valence-corrected chi connectivity index (χ2v) is 4.86. The molecule has 0 heterocycles. The highest BCUT2D eigenvalue weighted by Gasteiger charge is 2.37. The fourth-order valence-corrected chi connectivity index (χ4v) is 1.05. The molecular formula is C9H20ClN3O. The molecule has 84 valence electrons. The van der Waals surface area contributed by atoms with E-state index in [1.54, 1.807) is 0 Å². The van der Waals surface area contributed by atoms with Gasteiger partial charge in [-0.2, -0.15) is 0 Å². The standard InChI is InChI=1S/C9H19N3O.ClH/c1-9(2,3)7(11)8(13)12-6-4-5(6)10;/h5-7H,4,10-11H2,1-3H3,(H,12,13);1H. The van der Waals surface area contributed by atoms with Crippen molar-refractivity contribution in [3.63, 3.8) is 0 Å². The molecule has 1 amide bonds. The molecule has 0 aliphatic heterocycles. The first kappa shape index (κ1) is 13.7. The maximum atomic E-state index is 11.5. The first-order valence-corrected chi connectivity index (χ1v) is 4.64. The summed E-state index contributed by atoms with van der Waals surface area (Å²) in [5.41, 5.74) is 11.1. The molecule has 0 spiro atoms. The molecule has 1 aliphatic carbocycles. The molecule has 1 rings (SSSR count). The lowest BCUT2D eigenvalue weighted by molar-refractivity contribution is -0.124. The number of hydrogen-bond donors (Lipinski definition) is 3. The van der Waals surface area contributed by atoms with Crippen LogP contribution in [0.5, 0.6) is 0 Å². The summed E-state index contributed by atoms with van der Waals surface area (Å²) in [7, 11) is 0. The van der Waals surface area contributed by atoms with Gasteiger partial charge in [-0.15, -0.1) is 12.4 Å². The van der Waals surface area contributed by atoms with Crippen molar-refractivity contribution in [2.75, 3.05) is 0 Å². The lowest BCUT2D eigenvalue weighted by Gasteiger charge is -2.25. The molecule has 1 fully saturated rings. The summed E-state index contributed by atoms with van der Waals surface area (Å²) in [6, 6.07) is -0.169. The van der Waals surface area contributed by atoms with Crippen LogP contribution >= 0.6 is 12.4 Å². The van der Waals surface area contributed by atoms with E-state index in [0.717, 1.165) is 6.42 Å². The molecule has 14 heavy (non-hydrogen) atoms. The molecule has 0 saturated heterocycles. The third kappa shape index (κ3) is 3.44. The van der Waals surface area contributed by atoms with Gasteiger partial charge in [-0.1, -0.05) is 20.8 Å². The van der Waals surface area contributed by atoms with Crippen molar-refractivity contribution >= 4 is 18.3 Å². The average Bonchev–Trinajstić information content (AvgIpc) is 2.63. The van der Waals surface area contributed by atoms with E-state index < -0.39 is 6.04 Å². The average molecular weight is 222 g/mol. The Morgan fingerprint density at radius 2 is 1.93 bits per heavy atom. The SMILES string of the molecule is CC(C)(C)C(N)C(=O)NC1CC1N.Cl. The molecule has 0 radical (unpaired) electrons. The van der Waals surface area contributed by atoms with Crippen LogP contribution in [0.1, 0.15) is 27.2 Å². The van der Waals surface area contributed by atoms with Crippen LogP contribution in [-0.2, 0) is 4.79 Å². The molecule has 5 N–H and O–H groups in total. The normalized spacial score (nSPS) is 27.5. The van der Waals surface area contributed by atoms with Crippen molar-refractivity contribution in [1.82, 2.24) is 5.32 Å². The minimum absolute atomic E-state index is 0. The Morgan fingerprint density at radius 1 is 1.50 bits per heavy atom. The van der Waals surface area contributed by atoms with Crippen LogP contribution in [0.15, 0.2) is 0 Å². The lowest BCUT2D eigenvalue weighted by Crippen LogP contribution is -2.49. The molecule has 0 bridgehead atoms. The van der Waals surface area contributed by atoms with Gasteiger partial charge in [-0.05, 0) is 11.8 Å². The third-order valence-electron chi connectivity index (χ3n) is 2.38. The molecule has 3 atom stereocenters. The van der Waals surface area contributed by atoms with E-state index in [1.807, 2.05) is 20.8 Å². The van der Waals surface area contributed by atoms with E-state index in [2.05, 4.69) is 5.32 Å². The number of carbonyl (C=O) groups is 1.